The number of likely N-dealkylation sites (N-methyl/N-ethyl adjacent to an activating group) is 3. The van der Waals surface area contributed by atoms with Crippen molar-refractivity contribution in [3.05, 3.63) is 0 Å². The summed E-state index contributed by atoms with van der Waals surface area (Å²) in [6, 6.07) is 0. The van der Waals surface area contributed by atoms with Crippen molar-refractivity contribution < 1.29 is 29.7 Å². The van der Waals surface area contributed by atoms with Crippen LogP contribution in [0.2, 0.25) is 0 Å². The summed E-state index contributed by atoms with van der Waals surface area (Å²) in [7, 11) is 4.77. The molecule has 108 valence electrons. The van der Waals surface area contributed by atoms with Gasteiger partial charge in [0.15, 0.2) is 0 Å². The van der Waals surface area contributed by atoms with Gasteiger partial charge in [0.2, 0.25) is 0 Å². The lowest BCUT2D eigenvalue weighted by Gasteiger charge is -1.84. The number of carboxylic acids is 3. The van der Waals surface area contributed by atoms with Crippen LogP contribution in [0.3, 0.4) is 0 Å². The molecule has 0 bridgehead atoms. The first-order chi connectivity index (χ1) is 8.31. The van der Waals surface area contributed by atoms with Crippen LogP contribution in [0.15, 0.2) is 0 Å². The second-order valence-electron chi connectivity index (χ2n) is 2.77. The predicted octanol–water partition coefficient (Wildman–Crippen LogP) is -2.13. The molecule has 0 saturated carbocycles. The fourth-order valence-electron chi connectivity index (χ4n) is 0.454. The smallest absolute Gasteiger partial charge is 0.317 e. The second kappa shape index (κ2) is 17.7. The SMILES string of the molecule is CNCC(=O)O.CNCC(=O)O.CNCC(=O)O. The molecular weight excluding hydrogens is 246 g/mol. The van der Waals surface area contributed by atoms with Gasteiger partial charge in [-0.15, -0.1) is 0 Å². The minimum Gasteiger partial charge on any atom is -0.480 e. The highest BCUT2D eigenvalue weighted by molar-refractivity contribution is 5.69. The summed E-state index contributed by atoms with van der Waals surface area (Å²) in [4.78, 5) is 28.6. The van der Waals surface area contributed by atoms with Crippen molar-refractivity contribution in [3.63, 3.8) is 0 Å². The first kappa shape index (κ1) is 21.6. The van der Waals surface area contributed by atoms with E-state index in [2.05, 4.69) is 16.0 Å². The third kappa shape index (κ3) is 47.5. The van der Waals surface area contributed by atoms with Gasteiger partial charge in [0.25, 0.3) is 0 Å². The normalized spacial score (nSPS) is 8.17. The third-order valence-corrected chi connectivity index (χ3v) is 0.984. The molecule has 0 amide bonds. The van der Waals surface area contributed by atoms with Gasteiger partial charge in [-0.3, -0.25) is 14.4 Å². The van der Waals surface area contributed by atoms with Crippen molar-refractivity contribution in [3.8, 4) is 0 Å². The molecule has 9 nitrogen and oxygen atoms in total. The molecule has 0 aromatic heterocycles. The minimum absolute atomic E-state index is 0.0417. The summed E-state index contributed by atoms with van der Waals surface area (Å²) >= 11 is 0. The lowest BCUT2D eigenvalue weighted by molar-refractivity contribution is -0.136. The van der Waals surface area contributed by atoms with Crippen LogP contribution in [-0.4, -0.2) is 74.0 Å². The topological polar surface area (TPSA) is 148 Å². The number of hydrogen-bond donors (Lipinski definition) is 6. The summed E-state index contributed by atoms with van der Waals surface area (Å²) in [5.41, 5.74) is 0. The summed E-state index contributed by atoms with van der Waals surface area (Å²) in [6.45, 7) is 0.125. The number of nitrogens with one attached hydrogen (secondary N) is 3. The number of aliphatic carboxylic acids is 3. The minimum atomic E-state index is -0.822. The fraction of sp³-hybridized carbons (Fsp3) is 0.667. The van der Waals surface area contributed by atoms with E-state index in [0.717, 1.165) is 0 Å². The van der Waals surface area contributed by atoms with E-state index in [-0.39, 0.29) is 19.6 Å². The van der Waals surface area contributed by atoms with E-state index >= 15 is 0 Å². The van der Waals surface area contributed by atoms with Gasteiger partial charge < -0.3 is 31.3 Å². The molecule has 0 aromatic rings. The van der Waals surface area contributed by atoms with Crippen molar-refractivity contribution in [1.29, 1.82) is 0 Å². The zero-order chi connectivity index (χ0) is 15.0. The molecule has 0 aromatic carbocycles. The Kier molecular flexibility index (Phi) is 21.2. The Bertz CT molecular complexity index is 196. The van der Waals surface area contributed by atoms with Gasteiger partial charge in [-0.25, -0.2) is 0 Å². The van der Waals surface area contributed by atoms with E-state index in [1.54, 1.807) is 21.1 Å². The highest BCUT2D eigenvalue weighted by atomic mass is 16.4. The Balaban J connectivity index is -0.000000187. The van der Waals surface area contributed by atoms with Gasteiger partial charge >= 0.3 is 17.9 Å². The largest absolute Gasteiger partial charge is 0.480 e. The summed E-state index contributed by atoms with van der Waals surface area (Å²) in [6.07, 6.45) is 0. The number of carboxylic acid groups (broad SMARTS) is 3. The highest BCUT2D eigenvalue weighted by Gasteiger charge is 1.87. The Morgan fingerprint density at radius 1 is 0.667 bits per heavy atom. The molecule has 0 rings (SSSR count). The molecule has 6 N–H and O–H groups in total. The molecular formula is C9H21N3O6. The van der Waals surface area contributed by atoms with Crippen molar-refractivity contribution in [2.24, 2.45) is 0 Å². The zero-order valence-electron chi connectivity index (χ0n) is 10.7. The Hall–Kier alpha value is -1.71. The molecule has 9 heteroatoms. The Morgan fingerprint density at radius 2 is 0.833 bits per heavy atom. The van der Waals surface area contributed by atoms with Crippen molar-refractivity contribution in [2.75, 3.05) is 40.8 Å². The summed E-state index contributed by atoms with van der Waals surface area (Å²) in [5, 5.41) is 31.0. The molecule has 0 atom stereocenters. The van der Waals surface area contributed by atoms with Gasteiger partial charge in [-0.2, -0.15) is 0 Å². The van der Waals surface area contributed by atoms with Crippen LogP contribution in [0.4, 0.5) is 0 Å². The molecule has 0 saturated heterocycles. The molecule has 0 radical (unpaired) electrons. The van der Waals surface area contributed by atoms with Gasteiger partial charge in [0, 0.05) is 0 Å². The molecule has 0 fully saturated rings. The number of hydrogen-bond acceptors (Lipinski definition) is 6. The average Bonchev–Trinajstić information content (AvgIpc) is 2.18. The van der Waals surface area contributed by atoms with Crippen LogP contribution in [0.1, 0.15) is 0 Å². The maximum Gasteiger partial charge on any atom is 0.317 e. The maximum atomic E-state index is 9.54. The number of carbonyl (C=O) groups is 3. The van der Waals surface area contributed by atoms with Gasteiger partial charge in [0.1, 0.15) is 0 Å². The van der Waals surface area contributed by atoms with Crippen molar-refractivity contribution in [2.45, 2.75) is 0 Å². The van der Waals surface area contributed by atoms with E-state index in [1.165, 1.54) is 0 Å². The van der Waals surface area contributed by atoms with Crippen LogP contribution in [-0.2, 0) is 14.4 Å². The Morgan fingerprint density at radius 3 is 0.833 bits per heavy atom. The van der Waals surface area contributed by atoms with Crippen LogP contribution in [0.5, 0.6) is 0 Å². The first-order valence-corrected chi connectivity index (χ1v) is 4.90. The van der Waals surface area contributed by atoms with Crippen LogP contribution in [0.25, 0.3) is 0 Å². The fourth-order valence-corrected chi connectivity index (χ4v) is 0.454. The second-order valence-corrected chi connectivity index (χ2v) is 2.77. The molecule has 0 spiro atoms. The molecule has 0 aliphatic heterocycles. The summed E-state index contributed by atoms with van der Waals surface area (Å²) < 4.78 is 0. The maximum absolute atomic E-state index is 9.54. The number of rotatable bonds is 6. The van der Waals surface area contributed by atoms with Crippen LogP contribution < -0.4 is 16.0 Å². The predicted molar refractivity (Wildman–Crippen MR) is 64.7 cm³/mol. The van der Waals surface area contributed by atoms with Gasteiger partial charge in [-0.1, -0.05) is 0 Å². The molecule has 0 aliphatic carbocycles. The van der Waals surface area contributed by atoms with E-state index in [9.17, 15) is 14.4 Å². The molecule has 18 heavy (non-hydrogen) atoms. The highest BCUT2D eigenvalue weighted by Crippen LogP contribution is 1.51. The molecule has 0 aliphatic rings. The Labute approximate surface area is 105 Å². The van der Waals surface area contributed by atoms with E-state index in [4.69, 9.17) is 15.3 Å². The van der Waals surface area contributed by atoms with Crippen LogP contribution >= 0.6 is 0 Å². The molecule has 0 unspecified atom stereocenters. The molecule has 0 heterocycles. The van der Waals surface area contributed by atoms with Gasteiger partial charge in [-0.05, 0) is 21.1 Å². The first-order valence-electron chi connectivity index (χ1n) is 4.90. The van der Waals surface area contributed by atoms with E-state index in [1.807, 2.05) is 0 Å². The van der Waals surface area contributed by atoms with Crippen LogP contribution in [0, 0.1) is 0 Å². The standard InChI is InChI=1S/3C3H7NO2/c3*1-4-2-3(5)6/h3*4H,2H2,1H3,(H,5,6). The van der Waals surface area contributed by atoms with Crippen molar-refractivity contribution >= 4 is 17.9 Å². The van der Waals surface area contributed by atoms with E-state index in [0.29, 0.717) is 0 Å². The monoisotopic (exact) mass is 267 g/mol. The third-order valence-electron chi connectivity index (χ3n) is 0.984. The lowest BCUT2D eigenvalue weighted by atomic mass is 10.7. The van der Waals surface area contributed by atoms with E-state index < -0.39 is 17.9 Å². The zero-order valence-corrected chi connectivity index (χ0v) is 10.7. The van der Waals surface area contributed by atoms with Crippen molar-refractivity contribution in [1.82, 2.24) is 16.0 Å². The van der Waals surface area contributed by atoms with Gasteiger partial charge in [0.05, 0.1) is 19.6 Å². The summed E-state index contributed by atoms with van der Waals surface area (Å²) in [5.74, 6) is -2.47. The lowest BCUT2D eigenvalue weighted by Crippen LogP contribution is -2.16. The quantitative estimate of drug-likeness (QED) is 0.317. The average molecular weight is 267 g/mol.